The second-order valence-electron chi connectivity index (χ2n) is 8.03. The molecule has 0 bridgehead atoms. The van der Waals surface area contributed by atoms with Crippen LogP contribution in [0.3, 0.4) is 0 Å². The standard InChI is InChI=1S/C18H28N8O2/c1-12-5-13(2)26(20-12)16-8-24(9-16)18(27)11-25-17(19-21-22-25)10-23-6-14(3)28-15(4)7-23/h5,14-16H,6-11H2,1-4H3/t14-,15+. The van der Waals surface area contributed by atoms with Crippen LogP contribution in [-0.2, 0) is 22.6 Å². The maximum absolute atomic E-state index is 12.7. The van der Waals surface area contributed by atoms with Crippen LogP contribution in [0.25, 0.3) is 0 Å². The van der Waals surface area contributed by atoms with E-state index in [1.807, 2.05) is 23.4 Å². The Morgan fingerprint density at radius 2 is 1.89 bits per heavy atom. The van der Waals surface area contributed by atoms with Gasteiger partial charge in [0.2, 0.25) is 5.91 Å². The number of ether oxygens (including phenoxy) is 1. The molecule has 0 aliphatic carbocycles. The average molecular weight is 388 g/mol. The van der Waals surface area contributed by atoms with Crippen molar-refractivity contribution < 1.29 is 9.53 Å². The van der Waals surface area contributed by atoms with Crippen LogP contribution in [0.1, 0.15) is 37.1 Å². The Labute approximate surface area is 164 Å². The van der Waals surface area contributed by atoms with Crippen molar-refractivity contribution in [1.29, 1.82) is 0 Å². The van der Waals surface area contributed by atoms with Crippen LogP contribution in [0.15, 0.2) is 6.07 Å². The number of amides is 1. The molecule has 0 aromatic carbocycles. The van der Waals surface area contributed by atoms with Crippen LogP contribution in [-0.4, -0.2) is 84.1 Å². The van der Waals surface area contributed by atoms with Gasteiger partial charge in [-0.3, -0.25) is 14.4 Å². The molecule has 0 radical (unpaired) electrons. The second-order valence-corrected chi connectivity index (χ2v) is 8.03. The lowest BCUT2D eigenvalue weighted by molar-refractivity contribution is -0.138. The summed E-state index contributed by atoms with van der Waals surface area (Å²) in [7, 11) is 0. The highest BCUT2D eigenvalue weighted by Gasteiger charge is 2.33. The van der Waals surface area contributed by atoms with Crippen molar-refractivity contribution in [2.75, 3.05) is 26.2 Å². The van der Waals surface area contributed by atoms with Crippen molar-refractivity contribution >= 4 is 5.91 Å². The van der Waals surface area contributed by atoms with Gasteiger partial charge in [-0.25, -0.2) is 4.68 Å². The number of aromatic nitrogens is 6. The summed E-state index contributed by atoms with van der Waals surface area (Å²) in [5.41, 5.74) is 2.14. The number of hydrogen-bond donors (Lipinski definition) is 0. The summed E-state index contributed by atoms with van der Waals surface area (Å²) in [6, 6.07) is 2.31. The molecule has 0 saturated carbocycles. The van der Waals surface area contributed by atoms with Crippen LogP contribution in [0.2, 0.25) is 0 Å². The number of tetrazole rings is 1. The maximum Gasteiger partial charge on any atom is 0.244 e. The quantitative estimate of drug-likeness (QED) is 0.721. The molecule has 0 N–H and O–H groups in total. The third-order valence-electron chi connectivity index (χ3n) is 5.36. The summed E-state index contributed by atoms with van der Waals surface area (Å²) < 4.78 is 9.40. The molecule has 2 aromatic heterocycles. The van der Waals surface area contributed by atoms with Crippen LogP contribution in [0.4, 0.5) is 0 Å². The van der Waals surface area contributed by atoms with Crippen LogP contribution in [0, 0.1) is 13.8 Å². The van der Waals surface area contributed by atoms with E-state index < -0.39 is 0 Å². The zero-order valence-electron chi connectivity index (χ0n) is 16.9. The number of aryl methyl sites for hydroxylation is 2. The van der Waals surface area contributed by atoms with Gasteiger partial charge in [0, 0.05) is 31.9 Å². The first-order valence-electron chi connectivity index (χ1n) is 9.82. The molecule has 0 unspecified atom stereocenters. The number of morpholine rings is 1. The van der Waals surface area contributed by atoms with E-state index in [4.69, 9.17) is 4.74 Å². The average Bonchev–Trinajstić information content (AvgIpc) is 3.11. The number of carbonyl (C=O) groups is 1. The first kappa shape index (κ1) is 19.0. The number of likely N-dealkylation sites (tertiary alicyclic amines) is 1. The fourth-order valence-corrected chi connectivity index (χ4v) is 4.13. The molecule has 2 fully saturated rings. The molecule has 10 nitrogen and oxygen atoms in total. The van der Waals surface area contributed by atoms with Crippen molar-refractivity contribution in [2.24, 2.45) is 0 Å². The smallest absolute Gasteiger partial charge is 0.244 e. The van der Waals surface area contributed by atoms with E-state index in [0.29, 0.717) is 25.5 Å². The van der Waals surface area contributed by atoms with Crippen molar-refractivity contribution in [1.82, 2.24) is 39.8 Å². The Morgan fingerprint density at radius 1 is 1.18 bits per heavy atom. The molecule has 152 valence electrons. The fourth-order valence-electron chi connectivity index (χ4n) is 4.13. The van der Waals surface area contributed by atoms with Gasteiger partial charge in [0.15, 0.2) is 5.82 Å². The molecule has 4 rings (SSSR count). The molecular weight excluding hydrogens is 360 g/mol. The molecule has 1 amide bonds. The largest absolute Gasteiger partial charge is 0.373 e. The van der Waals surface area contributed by atoms with Gasteiger partial charge >= 0.3 is 0 Å². The molecule has 2 aliphatic heterocycles. The van der Waals surface area contributed by atoms with Crippen molar-refractivity contribution in [3.63, 3.8) is 0 Å². The summed E-state index contributed by atoms with van der Waals surface area (Å²) in [5, 5.41) is 16.5. The van der Waals surface area contributed by atoms with E-state index in [1.54, 1.807) is 4.68 Å². The summed E-state index contributed by atoms with van der Waals surface area (Å²) >= 11 is 0. The SMILES string of the molecule is Cc1cc(C)n(C2CN(C(=O)Cn3nnnc3CN3C[C@@H](C)O[C@@H](C)C3)C2)n1. The van der Waals surface area contributed by atoms with E-state index in [0.717, 1.165) is 24.5 Å². The molecule has 0 spiro atoms. The summed E-state index contributed by atoms with van der Waals surface area (Å²) in [5.74, 6) is 0.750. The highest BCUT2D eigenvalue weighted by atomic mass is 16.5. The van der Waals surface area contributed by atoms with E-state index in [-0.39, 0.29) is 30.7 Å². The highest BCUT2D eigenvalue weighted by Crippen LogP contribution is 2.23. The van der Waals surface area contributed by atoms with E-state index in [2.05, 4.69) is 45.4 Å². The normalized spacial score (nSPS) is 23.8. The topological polar surface area (TPSA) is 94.2 Å². The predicted octanol–water partition coefficient (Wildman–Crippen LogP) is 0.179. The zero-order valence-corrected chi connectivity index (χ0v) is 16.9. The Bertz CT molecular complexity index is 831. The lowest BCUT2D eigenvalue weighted by Crippen LogP contribution is -2.52. The predicted molar refractivity (Wildman–Crippen MR) is 100 cm³/mol. The minimum absolute atomic E-state index is 0.0371. The number of carbonyl (C=O) groups excluding carboxylic acids is 1. The molecule has 2 atom stereocenters. The minimum Gasteiger partial charge on any atom is -0.373 e. The van der Waals surface area contributed by atoms with Crippen LogP contribution in [0.5, 0.6) is 0 Å². The Balaban J connectivity index is 1.32. The monoisotopic (exact) mass is 388 g/mol. The van der Waals surface area contributed by atoms with Gasteiger partial charge in [0.25, 0.3) is 0 Å². The third-order valence-corrected chi connectivity index (χ3v) is 5.36. The van der Waals surface area contributed by atoms with Gasteiger partial charge in [-0.15, -0.1) is 5.10 Å². The second kappa shape index (κ2) is 7.59. The van der Waals surface area contributed by atoms with Gasteiger partial charge in [0.05, 0.1) is 30.5 Å². The molecule has 2 aliphatic rings. The van der Waals surface area contributed by atoms with Gasteiger partial charge in [0.1, 0.15) is 6.54 Å². The van der Waals surface area contributed by atoms with Gasteiger partial charge in [-0.1, -0.05) is 0 Å². The van der Waals surface area contributed by atoms with Crippen molar-refractivity contribution in [3.8, 4) is 0 Å². The maximum atomic E-state index is 12.7. The highest BCUT2D eigenvalue weighted by molar-refractivity contribution is 5.76. The molecule has 28 heavy (non-hydrogen) atoms. The first-order valence-corrected chi connectivity index (χ1v) is 9.82. The van der Waals surface area contributed by atoms with Crippen LogP contribution >= 0.6 is 0 Å². The Hall–Kier alpha value is -2.33. The number of nitrogens with zero attached hydrogens (tertiary/aromatic N) is 8. The summed E-state index contributed by atoms with van der Waals surface area (Å²) in [4.78, 5) is 16.8. The molecule has 2 saturated heterocycles. The summed E-state index contributed by atoms with van der Waals surface area (Å²) in [6.07, 6.45) is 0.365. The lowest BCUT2D eigenvalue weighted by Gasteiger charge is -2.39. The molecule has 10 heteroatoms. The Kier molecular flexibility index (Phi) is 5.15. The first-order chi connectivity index (χ1) is 13.4. The summed E-state index contributed by atoms with van der Waals surface area (Å²) in [6.45, 7) is 12.0. The Morgan fingerprint density at radius 3 is 2.54 bits per heavy atom. The fraction of sp³-hybridized carbons (Fsp3) is 0.722. The lowest BCUT2D eigenvalue weighted by atomic mass is 10.1. The third kappa shape index (κ3) is 3.93. The van der Waals surface area contributed by atoms with Gasteiger partial charge in [-0.05, 0) is 44.2 Å². The number of rotatable bonds is 5. The van der Waals surface area contributed by atoms with Gasteiger partial charge < -0.3 is 9.64 Å². The van der Waals surface area contributed by atoms with Crippen molar-refractivity contribution in [3.05, 3.63) is 23.3 Å². The minimum atomic E-state index is 0.0371. The molecule has 2 aromatic rings. The van der Waals surface area contributed by atoms with Crippen LogP contribution < -0.4 is 0 Å². The van der Waals surface area contributed by atoms with E-state index in [1.165, 1.54) is 0 Å². The number of hydrogen-bond acceptors (Lipinski definition) is 7. The zero-order chi connectivity index (χ0) is 19.8. The molecular formula is C18H28N8O2. The van der Waals surface area contributed by atoms with Gasteiger partial charge in [-0.2, -0.15) is 5.10 Å². The van der Waals surface area contributed by atoms with E-state index >= 15 is 0 Å². The molecule has 4 heterocycles. The van der Waals surface area contributed by atoms with Crippen molar-refractivity contribution in [2.45, 2.75) is 59.0 Å². The van der Waals surface area contributed by atoms with E-state index in [9.17, 15) is 4.79 Å².